The molecule has 2 aromatic rings. The largest absolute Gasteiger partial charge is 0.490 e. The lowest BCUT2D eigenvalue weighted by Crippen LogP contribution is -2.09. The van der Waals surface area contributed by atoms with E-state index in [1.165, 1.54) is 0 Å². The average molecular weight is 433 g/mol. The molecule has 0 aromatic heterocycles. The van der Waals surface area contributed by atoms with Crippen LogP contribution < -0.4 is 15.2 Å². The fourth-order valence-corrected chi connectivity index (χ4v) is 3.40. The maximum absolute atomic E-state index is 11.8. The number of aliphatic imine (C=N–C) groups is 1. The molecular weight excluding hydrogens is 416 g/mol. The second-order valence-electron chi connectivity index (χ2n) is 5.56. The average Bonchev–Trinajstić information content (AvgIpc) is 2.90. The number of hydrogen-bond donors (Lipinski definition) is 1. The van der Waals surface area contributed by atoms with Crippen LogP contribution in [0.15, 0.2) is 56.8 Å². The molecule has 2 aromatic carbocycles. The molecule has 1 aliphatic rings. The molecule has 0 atom stereocenters. The lowest BCUT2D eigenvalue weighted by atomic mass is 10.2. The maximum atomic E-state index is 11.8. The van der Waals surface area contributed by atoms with Crippen LogP contribution in [0.5, 0.6) is 11.5 Å². The molecular formula is C19H17BrN2O3S. The van der Waals surface area contributed by atoms with Crippen LogP contribution in [0.2, 0.25) is 0 Å². The van der Waals surface area contributed by atoms with Gasteiger partial charge >= 0.3 is 0 Å². The first-order valence-electron chi connectivity index (χ1n) is 7.91. The number of nitrogens with zero attached hydrogens (tertiary/aromatic N) is 1. The third-order valence-electron chi connectivity index (χ3n) is 3.49. The Labute approximate surface area is 164 Å². The third-order valence-corrected chi connectivity index (χ3v) is 4.80. The molecule has 0 bridgehead atoms. The van der Waals surface area contributed by atoms with E-state index in [9.17, 15) is 4.79 Å². The van der Waals surface area contributed by atoms with Crippen LogP contribution in [0.3, 0.4) is 0 Å². The van der Waals surface area contributed by atoms with E-state index in [2.05, 4.69) is 20.9 Å². The predicted octanol–water partition coefficient (Wildman–Crippen LogP) is 4.14. The first kappa shape index (κ1) is 18.5. The van der Waals surface area contributed by atoms with Crippen LogP contribution in [-0.2, 0) is 4.79 Å². The second kappa shape index (κ2) is 8.42. The number of hydrogen-bond acceptors (Lipinski definition) is 5. The highest BCUT2D eigenvalue weighted by Crippen LogP contribution is 2.31. The number of ether oxygens (including phenoxy) is 2. The molecule has 0 unspecified atom stereocenters. The normalized spacial score (nSPS) is 15.2. The van der Waals surface area contributed by atoms with E-state index in [1.807, 2.05) is 49.4 Å². The van der Waals surface area contributed by atoms with Gasteiger partial charge in [-0.25, -0.2) is 0 Å². The summed E-state index contributed by atoms with van der Waals surface area (Å²) in [5.41, 5.74) is 7.51. The fourth-order valence-electron chi connectivity index (χ4n) is 2.35. The summed E-state index contributed by atoms with van der Waals surface area (Å²) < 4.78 is 12.4. The summed E-state index contributed by atoms with van der Waals surface area (Å²) in [4.78, 5) is 16.0. The highest BCUT2D eigenvalue weighted by Gasteiger charge is 2.20. The quantitative estimate of drug-likeness (QED) is 0.548. The van der Waals surface area contributed by atoms with E-state index in [0.717, 1.165) is 33.1 Å². The Morgan fingerprint density at radius 2 is 2.00 bits per heavy atom. The Morgan fingerprint density at radius 1 is 1.19 bits per heavy atom. The molecule has 0 aliphatic carbocycles. The highest BCUT2D eigenvalue weighted by molar-refractivity contribution is 9.10. The number of thioether (sulfide) groups is 1. The smallest absolute Gasteiger partial charge is 0.286 e. The van der Waals surface area contributed by atoms with Crippen molar-refractivity contribution in [3.63, 3.8) is 0 Å². The Hall–Kier alpha value is -2.25. The van der Waals surface area contributed by atoms with Crippen LogP contribution in [-0.4, -0.2) is 24.3 Å². The van der Waals surface area contributed by atoms with Gasteiger partial charge in [0.15, 0.2) is 5.17 Å². The Morgan fingerprint density at radius 3 is 2.73 bits per heavy atom. The zero-order valence-corrected chi connectivity index (χ0v) is 16.5. The van der Waals surface area contributed by atoms with Crippen molar-refractivity contribution in [1.29, 1.82) is 0 Å². The first-order chi connectivity index (χ1) is 12.5. The number of nitrogens with two attached hydrogens (primary N) is 1. The van der Waals surface area contributed by atoms with Crippen molar-refractivity contribution in [2.24, 2.45) is 10.7 Å². The zero-order chi connectivity index (χ0) is 18.5. The standard InChI is InChI=1S/C19H17BrN2O3S/c1-12-3-2-4-15(9-12)24-7-8-25-16-6-5-14(20)10-13(16)11-17-18(23)22-19(21)26-17/h2-6,9-11H,7-8H2,1H3,(H2,21,22,23)/b17-11-. The fraction of sp³-hybridized carbons (Fsp3) is 0.158. The predicted molar refractivity (Wildman–Crippen MR) is 109 cm³/mol. The van der Waals surface area contributed by atoms with E-state index in [1.54, 1.807) is 6.08 Å². The molecule has 134 valence electrons. The third kappa shape index (κ3) is 4.89. The van der Waals surface area contributed by atoms with E-state index >= 15 is 0 Å². The molecule has 0 fully saturated rings. The number of amides is 1. The topological polar surface area (TPSA) is 73.9 Å². The van der Waals surface area contributed by atoms with Crippen molar-refractivity contribution in [3.8, 4) is 11.5 Å². The number of aryl methyl sites for hydroxylation is 1. The van der Waals surface area contributed by atoms with Crippen molar-refractivity contribution in [1.82, 2.24) is 0 Å². The van der Waals surface area contributed by atoms with E-state index in [4.69, 9.17) is 15.2 Å². The summed E-state index contributed by atoms with van der Waals surface area (Å²) in [7, 11) is 0. The molecule has 0 radical (unpaired) electrons. The van der Waals surface area contributed by atoms with Gasteiger partial charge in [-0.15, -0.1) is 0 Å². The summed E-state index contributed by atoms with van der Waals surface area (Å²) in [5.74, 6) is 1.14. The van der Waals surface area contributed by atoms with E-state index in [-0.39, 0.29) is 11.1 Å². The molecule has 1 heterocycles. The van der Waals surface area contributed by atoms with Crippen molar-refractivity contribution >= 4 is 44.8 Å². The minimum absolute atomic E-state index is 0.255. The molecule has 3 rings (SSSR count). The molecule has 0 saturated carbocycles. The van der Waals surface area contributed by atoms with Gasteiger partial charge in [0.05, 0.1) is 4.91 Å². The molecule has 1 aliphatic heterocycles. The molecule has 2 N–H and O–H groups in total. The molecule has 7 heteroatoms. The van der Waals surface area contributed by atoms with Crippen molar-refractivity contribution < 1.29 is 14.3 Å². The Balaban J connectivity index is 1.65. The van der Waals surface area contributed by atoms with Gasteiger partial charge < -0.3 is 15.2 Å². The summed E-state index contributed by atoms with van der Waals surface area (Å²) in [6.45, 7) is 2.81. The minimum atomic E-state index is -0.332. The molecule has 0 spiro atoms. The monoisotopic (exact) mass is 432 g/mol. The van der Waals surface area contributed by atoms with Crippen molar-refractivity contribution in [2.75, 3.05) is 13.2 Å². The first-order valence-corrected chi connectivity index (χ1v) is 9.52. The number of carbonyl (C=O) groups is 1. The molecule has 26 heavy (non-hydrogen) atoms. The number of rotatable bonds is 6. The van der Waals surface area contributed by atoms with Crippen molar-refractivity contribution in [2.45, 2.75) is 6.92 Å². The Kier molecular flexibility index (Phi) is 6.00. The highest BCUT2D eigenvalue weighted by atomic mass is 79.9. The zero-order valence-electron chi connectivity index (χ0n) is 14.1. The van der Waals surface area contributed by atoms with Gasteiger partial charge in [-0.05, 0) is 60.7 Å². The SMILES string of the molecule is Cc1cccc(OCCOc2ccc(Br)cc2/C=C2\SC(N)=NC2=O)c1. The lowest BCUT2D eigenvalue weighted by Gasteiger charge is -2.11. The Bertz CT molecular complexity index is 896. The van der Waals surface area contributed by atoms with Gasteiger partial charge in [-0.2, -0.15) is 4.99 Å². The van der Waals surface area contributed by atoms with Gasteiger partial charge in [-0.1, -0.05) is 28.1 Å². The van der Waals surface area contributed by atoms with Gasteiger partial charge in [0.1, 0.15) is 24.7 Å². The minimum Gasteiger partial charge on any atom is -0.490 e. The summed E-state index contributed by atoms with van der Waals surface area (Å²) in [5, 5.41) is 0.255. The number of carbonyl (C=O) groups excluding carboxylic acids is 1. The van der Waals surface area contributed by atoms with Gasteiger partial charge in [0, 0.05) is 10.0 Å². The van der Waals surface area contributed by atoms with E-state index < -0.39 is 0 Å². The lowest BCUT2D eigenvalue weighted by molar-refractivity contribution is -0.113. The molecule has 5 nitrogen and oxygen atoms in total. The number of amidine groups is 1. The molecule has 1 amide bonds. The van der Waals surface area contributed by atoms with E-state index in [0.29, 0.717) is 23.9 Å². The second-order valence-corrected chi connectivity index (χ2v) is 7.54. The van der Waals surface area contributed by atoms with Gasteiger partial charge in [0.2, 0.25) is 0 Å². The van der Waals surface area contributed by atoms with Crippen LogP contribution in [0, 0.1) is 6.92 Å². The number of halogens is 1. The summed E-state index contributed by atoms with van der Waals surface area (Å²) in [6, 6.07) is 13.5. The summed E-state index contributed by atoms with van der Waals surface area (Å²) >= 11 is 4.59. The van der Waals surface area contributed by atoms with Crippen LogP contribution >= 0.6 is 27.7 Å². The van der Waals surface area contributed by atoms with Crippen LogP contribution in [0.4, 0.5) is 0 Å². The molecule has 0 saturated heterocycles. The van der Waals surface area contributed by atoms with Gasteiger partial charge in [-0.3, -0.25) is 4.79 Å². The van der Waals surface area contributed by atoms with Gasteiger partial charge in [0.25, 0.3) is 5.91 Å². The number of benzene rings is 2. The summed E-state index contributed by atoms with van der Waals surface area (Å²) in [6.07, 6.45) is 1.73. The van der Waals surface area contributed by atoms with Crippen LogP contribution in [0.1, 0.15) is 11.1 Å². The maximum Gasteiger partial charge on any atom is 0.286 e. The van der Waals surface area contributed by atoms with Crippen molar-refractivity contribution in [3.05, 3.63) is 63.0 Å². The van der Waals surface area contributed by atoms with Crippen LogP contribution in [0.25, 0.3) is 6.08 Å².